The molecule has 2 heterocycles. The highest BCUT2D eigenvalue weighted by molar-refractivity contribution is 7.85. The van der Waals surface area contributed by atoms with Crippen LogP contribution in [0.5, 0.6) is 5.75 Å². The lowest BCUT2D eigenvalue weighted by Gasteiger charge is -2.18. The Labute approximate surface area is 238 Å². The minimum absolute atomic E-state index is 0.0258. The largest absolute Gasteiger partial charge is 0.439 e. The van der Waals surface area contributed by atoms with Gasteiger partial charge in [0.2, 0.25) is 11.8 Å². The van der Waals surface area contributed by atoms with Gasteiger partial charge in [-0.05, 0) is 58.5 Å². The van der Waals surface area contributed by atoms with E-state index in [4.69, 9.17) is 14.1 Å². The molecule has 6 rings (SSSR count). The number of benzene rings is 4. The molecule has 1 aromatic heterocycles. The van der Waals surface area contributed by atoms with E-state index in [2.05, 4.69) is 12.1 Å². The zero-order valence-corrected chi connectivity index (χ0v) is 23.2. The second-order valence-electron chi connectivity index (χ2n) is 9.74. The summed E-state index contributed by atoms with van der Waals surface area (Å²) in [5.74, 6) is 1.09. The monoisotopic (exact) mass is 564 g/mol. The van der Waals surface area contributed by atoms with Gasteiger partial charge < -0.3 is 14.1 Å². The van der Waals surface area contributed by atoms with E-state index in [1.807, 2.05) is 104 Å². The first-order valence-electron chi connectivity index (χ1n) is 13.3. The van der Waals surface area contributed by atoms with Crippen LogP contribution in [0.3, 0.4) is 0 Å². The number of allylic oxidation sites excluding steroid dienone is 2. The standard InChI is InChI=1S/C33H28N2O5S/c1-2-23(19-32-34-28-21-26(13-15-30(28)39-32)24-9-5-3-6-10-24)20-33-35(17-18-41(36,37)38)29-22-27(14-16-31(29)40-33)25-11-7-4-8-12-25/h3-16,19-22H,2,17-18H2,1H3,(H,36,37,38)/b23-19+,33-20-. The molecular weight excluding hydrogens is 536 g/mol. The van der Waals surface area contributed by atoms with Crippen molar-refractivity contribution < 1.29 is 22.1 Å². The molecule has 0 unspecified atom stereocenters. The number of fused-ring (bicyclic) bond motifs is 2. The summed E-state index contributed by atoms with van der Waals surface area (Å²) >= 11 is 0. The molecule has 0 saturated heterocycles. The lowest BCUT2D eigenvalue weighted by Crippen LogP contribution is -2.27. The van der Waals surface area contributed by atoms with Gasteiger partial charge in [0.15, 0.2) is 11.3 Å². The fraction of sp³-hybridized carbons (Fsp3) is 0.121. The van der Waals surface area contributed by atoms with Crippen molar-refractivity contribution in [2.24, 2.45) is 0 Å². The van der Waals surface area contributed by atoms with Crippen LogP contribution in [0.4, 0.5) is 5.69 Å². The van der Waals surface area contributed by atoms with Crippen molar-refractivity contribution in [1.82, 2.24) is 4.98 Å². The summed E-state index contributed by atoms with van der Waals surface area (Å²) in [5, 5.41) is 0. The van der Waals surface area contributed by atoms with Crippen molar-refractivity contribution in [3.8, 4) is 28.0 Å². The first-order chi connectivity index (χ1) is 19.9. The Kier molecular flexibility index (Phi) is 7.17. The van der Waals surface area contributed by atoms with Crippen LogP contribution in [0.1, 0.15) is 19.2 Å². The minimum atomic E-state index is -4.19. The molecule has 41 heavy (non-hydrogen) atoms. The summed E-state index contributed by atoms with van der Waals surface area (Å²) in [6.07, 6.45) is 4.37. The van der Waals surface area contributed by atoms with Gasteiger partial charge in [-0.15, -0.1) is 0 Å². The van der Waals surface area contributed by atoms with Crippen molar-refractivity contribution in [2.45, 2.75) is 13.3 Å². The van der Waals surface area contributed by atoms with Crippen LogP contribution in [0.15, 0.2) is 119 Å². The third kappa shape index (κ3) is 5.94. The van der Waals surface area contributed by atoms with E-state index in [9.17, 15) is 13.0 Å². The maximum atomic E-state index is 11.7. The molecule has 7 nitrogen and oxygen atoms in total. The Morgan fingerprint density at radius 3 is 2.20 bits per heavy atom. The summed E-state index contributed by atoms with van der Waals surface area (Å²) in [6.45, 7) is 2.04. The highest BCUT2D eigenvalue weighted by Crippen LogP contribution is 2.42. The number of anilines is 1. The van der Waals surface area contributed by atoms with Crippen molar-refractivity contribution in [3.05, 3.63) is 120 Å². The average Bonchev–Trinajstić information content (AvgIpc) is 3.55. The molecule has 1 aliphatic heterocycles. The number of oxazole rings is 1. The zero-order chi connectivity index (χ0) is 28.4. The Bertz CT molecular complexity index is 1880. The SMILES string of the molecule is CCC(/C=C1\Oc2ccc(-c3ccccc3)cc2N1CCS(=O)(=O)O)=C\c1nc2cc(-c3ccccc3)ccc2o1. The smallest absolute Gasteiger partial charge is 0.266 e. The second kappa shape index (κ2) is 11.1. The zero-order valence-electron chi connectivity index (χ0n) is 22.4. The van der Waals surface area contributed by atoms with E-state index >= 15 is 0 Å². The van der Waals surface area contributed by atoms with Crippen molar-refractivity contribution in [1.29, 1.82) is 0 Å². The van der Waals surface area contributed by atoms with E-state index in [-0.39, 0.29) is 6.54 Å². The van der Waals surface area contributed by atoms with Crippen LogP contribution >= 0.6 is 0 Å². The maximum absolute atomic E-state index is 11.7. The fourth-order valence-corrected chi connectivity index (χ4v) is 5.25. The van der Waals surface area contributed by atoms with Crippen LogP contribution in [0, 0.1) is 0 Å². The molecule has 5 aromatic rings. The van der Waals surface area contributed by atoms with Crippen molar-refractivity contribution in [3.63, 3.8) is 0 Å². The number of hydrogen-bond donors (Lipinski definition) is 1. The number of rotatable bonds is 8. The Hall–Kier alpha value is -4.66. The van der Waals surface area contributed by atoms with Gasteiger partial charge in [-0.25, -0.2) is 4.98 Å². The van der Waals surface area contributed by atoms with Gasteiger partial charge >= 0.3 is 0 Å². The predicted molar refractivity (Wildman–Crippen MR) is 162 cm³/mol. The van der Waals surface area contributed by atoms with Gasteiger partial charge in [0.25, 0.3) is 10.1 Å². The molecule has 206 valence electrons. The topological polar surface area (TPSA) is 92.9 Å². The summed E-state index contributed by atoms with van der Waals surface area (Å²) < 4.78 is 45.0. The molecule has 0 amide bonds. The van der Waals surface area contributed by atoms with Gasteiger partial charge in [-0.1, -0.05) is 79.7 Å². The Morgan fingerprint density at radius 1 is 0.878 bits per heavy atom. The normalized spacial score (nSPS) is 14.4. The molecule has 0 radical (unpaired) electrons. The first-order valence-corrected chi connectivity index (χ1v) is 15.0. The van der Waals surface area contributed by atoms with E-state index in [1.54, 1.807) is 4.90 Å². The summed E-state index contributed by atoms with van der Waals surface area (Å²) in [7, 11) is -4.19. The molecule has 0 saturated carbocycles. The molecule has 0 fully saturated rings. The van der Waals surface area contributed by atoms with Gasteiger partial charge in [-0.3, -0.25) is 4.55 Å². The highest BCUT2D eigenvalue weighted by atomic mass is 32.2. The van der Waals surface area contributed by atoms with Crippen LogP contribution in [-0.4, -0.2) is 30.3 Å². The number of nitrogens with zero attached hydrogens (tertiary/aromatic N) is 2. The second-order valence-corrected chi connectivity index (χ2v) is 11.3. The molecule has 4 aromatic carbocycles. The molecular formula is C33H28N2O5S. The number of hydrogen-bond acceptors (Lipinski definition) is 6. The maximum Gasteiger partial charge on any atom is 0.266 e. The summed E-state index contributed by atoms with van der Waals surface area (Å²) in [4.78, 5) is 6.47. The predicted octanol–water partition coefficient (Wildman–Crippen LogP) is 7.58. The average molecular weight is 565 g/mol. The van der Waals surface area contributed by atoms with Gasteiger partial charge in [0.05, 0.1) is 11.4 Å². The molecule has 8 heteroatoms. The molecule has 1 aliphatic rings. The quantitative estimate of drug-likeness (QED) is 0.194. The molecule has 1 N–H and O–H groups in total. The van der Waals surface area contributed by atoms with Crippen molar-refractivity contribution >= 4 is 33.0 Å². The number of aromatic nitrogens is 1. The highest BCUT2D eigenvalue weighted by Gasteiger charge is 2.28. The Morgan fingerprint density at radius 2 is 1.54 bits per heavy atom. The van der Waals surface area contributed by atoms with Crippen LogP contribution < -0.4 is 9.64 Å². The van der Waals surface area contributed by atoms with E-state index in [0.717, 1.165) is 39.0 Å². The summed E-state index contributed by atoms with van der Waals surface area (Å²) in [6, 6.07) is 31.8. The Balaban J connectivity index is 1.34. The van der Waals surface area contributed by atoms with Crippen LogP contribution in [-0.2, 0) is 10.1 Å². The minimum Gasteiger partial charge on any atom is -0.439 e. The number of ether oxygens (including phenoxy) is 1. The summed E-state index contributed by atoms with van der Waals surface area (Å²) in [5.41, 5.74) is 7.21. The van der Waals surface area contributed by atoms with E-state index < -0.39 is 15.9 Å². The third-order valence-corrected chi connectivity index (χ3v) is 7.65. The third-order valence-electron chi connectivity index (χ3n) is 6.95. The van der Waals surface area contributed by atoms with Crippen LogP contribution in [0.2, 0.25) is 0 Å². The van der Waals surface area contributed by atoms with Crippen LogP contribution in [0.25, 0.3) is 39.4 Å². The molecule has 0 bridgehead atoms. The van der Waals surface area contributed by atoms with Gasteiger partial charge in [-0.2, -0.15) is 8.42 Å². The lowest BCUT2D eigenvalue weighted by atomic mass is 10.0. The van der Waals surface area contributed by atoms with E-state index in [1.165, 1.54) is 0 Å². The lowest BCUT2D eigenvalue weighted by molar-refractivity contribution is 0.438. The van der Waals surface area contributed by atoms with Gasteiger partial charge in [0.1, 0.15) is 5.52 Å². The van der Waals surface area contributed by atoms with Gasteiger partial charge in [0, 0.05) is 18.7 Å². The molecule has 0 atom stereocenters. The van der Waals surface area contributed by atoms with Crippen molar-refractivity contribution in [2.75, 3.05) is 17.2 Å². The molecule has 0 spiro atoms. The fourth-order valence-electron chi connectivity index (χ4n) is 4.84. The van der Waals surface area contributed by atoms with E-state index in [0.29, 0.717) is 29.5 Å². The first kappa shape index (κ1) is 26.6. The molecule has 0 aliphatic carbocycles.